The highest BCUT2D eigenvalue weighted by atomic mass is 15.3. The molecule has 0 aromatic carbocycles. The smallest absolute Gasteiger partial charge is 0.110 e. The molecule has 2 aromatic heterocycles. The SMILES string of the molecule is CCn1nccc1-c1nccnc1CC1CCCN(C(C)C)C1. The maximum absolute atomic E-state index is 4.65. The van der Waals surface area contributed by atoms with Crippen LogP contribution in [-0.2, 0) is 13.0 Å². The molecule has 5 nitrogen and oxygen atoms in total. The van der Waals surface area contributed by atoms with E-state index in [-0.39, 0.29) is 0 Å². The molecule has 0 N–H and O–H groups in total. The molecule has 1 unspecified atom stereocenters. The molecule has 5 heteroatoms. The van der Waals surface area contributed by atoms with Gasteiger partial charge >= 0.3 is 0 Å². The minimum Gasteiger partial charge on any atom is -0.301 e. The first-order valence-corrected chi connectivity index (χ1v) is 8.75. The monoisotopic (exact) mass is 313 g/mol. The van der Waals surface area contributed by atoms with Crippen LogP contribution in [0.1, 0.15) is 39.3 Å². The molecule has 3 rings (SSSR count). The van der Waals surface area contributed by atoms with Gasteiger partial charge in [0.15, 0.2) is 0 Å². The normalized spacial score (nSPS) is 19.4. The third-order valence-corrected chi connectivity index (χ3v) is 4.80. The third kappa shape index (κ3) is 3.61. The predicted octanol–water partition coefficient (Wildman–Crippen LogP) is 3.02. The molecule has 1 saturated heterocycles. The van der Waals surface area contributed by atoms with E-state index in [0.29, 0.717) is 12.0 Å². The molecule has 0 spiro atoms. The number of hydrogen-bond donors (Lipinski definition) is 0. The van der Waals surface area contributed by atoms with Gasteiger partial charge in [-0.3, -0.25) is 14.6 Å². The molecular formula is C18H27N5. The summed E-state index contributed by atoms with van der Waals surface area (Å²) in [6.45, 7) is 9.92. The van der Waals surface area contributed by atoms with Crippen LogP contribution in [0.25, 0.3) is 11.4 Å². The van der Waals surface area contributed by atoms with Crippen LogP contribution in [-0.4, -0.2) is 43.8 Å². The quantitative estimate of drug-likeness (QED) is 0.851. The van der Waals surface area contributed by atoms with Crippen LogP contribution in [0.3, 0.4) is 0 Å². The van der Waals surface area contributed by atoms with Gasteiger partial charge in [0, 0.05) is 37.7 Å². The summed E-state index contributed by atoms with van der Waals surface area (Å²) in [7, 11) is 0. The van der Waals surface area contributed by atoms with Crippen LogP contribution in [0.4, 0.5) is 0 Å². The average Bonchev–Trinajstić information content (AvgIpc) is 3.04. The predicted molar refractivity (Wildman–Crippen MR) is 92.1 cm³/mol. The molecule has 0 saturated carbocycles. The lowest BCUT2D eigenvalue weighted by atomic mass is 9.91. The fourth-order valence-corrected chi connectivity index (χ4v) is 3.52. The number of hydrogen-bond acceptors (Lipinski definition) is 4. The number of aromatic nitrogens is 4. The summed E-state index contributed by atoms with van der Waals surface area (Å²) >= 11 is 0. The van der Waals surface area contributed by atoms with Crippen molar-refractivity contribution >= 4 is 0 Å². The lowest BCUT2D eigenvalue weighted by Crippen LogP contribution is -2.40. The van der Waals surface area contributed by atoms with Gasteiger partial charge < -0.3 is 4.90 Å². The molecule has 0 aliphatic carbocycles. The Hall–Kier alpha value is -1.75. The van der Waals surface area contributed by atoms with Gasteiger partial charge in [-0.15, -0.1) is 0 Å². The molecule has 23 heavy (non-hydrogen) atoms. The van der Waals surface area contributed by atoms with Crippen molar-refractivity contribution in [3.8, 4) is 11.4 Å². The highest BCUT2D eigenvalue weighted by Gasteiger charge is 2.24. The second kappa shape index (κ2) is 7.21. The number of aryl methyl sites for hydroxylation is 1. The van der Waals surface area contributed by atoms with E-state index in [0.717, 1.165) is 30.0 Å². The molecule has 3 heterocycles. The molecule has 0 radical (unpaired) electrons. The molecule has 0 bridgehead atoms. The summed E-state index contributed by atoms with van der Waals surface area (Å²) in [6.07, 6.45) is 9.01. The Kier molecular flexibility index (Phi) is 5.06. The lowest BCUT2D eigenvalue weighted by Gasteiger charge is -2.35. The van der Waals surface area contributed by atoms with E-state index in [4.69, 9.17) is 0 Å². The molecule has 1 aliphatic heterocycles. The van der Waals surface area contributed by atoms with Crippen molar-refractivity contribution in [2.24, 2.45) is 5.92 Å². The van der Waals surface area contributed by atoms with Crippen molar-refractivity contribution in [1.82, 2.24) is 24.6 Å². The largest absolute Gasteiger partial charge is 0.301 e. The Bertz CT molecular complexity index is 634. The summed E-state index contributed by atoms with van der Waals surface area (Å²) in [5.41, 5.74) is 3.18. The molecular weight excluding hydrogens is 286 g/mol. The minimum atomic E-state index is 0.626. The molecule has 124 valence electrons. The number of likely N-dealkylation sites (tertiary alicyclic amines) is 1. The summed E-state index contributed by atoms with van der Waals surface area (Å²) < 4.78 is 1.99. The van der Waals surface area contributed by atoms with Crippen LogP contribution in [0.5, 0.6) is 0 Å². The van der Waals surface area contributed by atoms with Gasteiger partial charge in [-0.1, -0.05) is 0 Å². The molecule has 1 atom stereocenters. The maximum atomic E-state index is 4.65. The first kappa shape index (κ1) is 16.1. The zero-order chi connectivity index (χ0) is 16.2. The Balaban J connectivity index is 1.81. The van der Waals surface area contributed by atoms with Gasteiger partial charge in [0.2, 0.25) is 0 Å². The minimum absolute atomic E-state index is 0.626. The average molecular weight is 313 g/mol. The lowest BCUT2D eigenvalue weighted by molar-refractivity contribution is 0.139. The third-order valence-electron chi connectivity index (χ3n) is 4.80. The van der Waals surface area contributed by atoms with E-state index in [2.05, 4.69) is 40.7 Å². The van der Waals surface area contributed by atoms with Crippen molar-refractivity contribution in [3.63, 3.8) is 0 Å². The van der Waals surface area contributed by atoms with Gasteiger partial charge in [0.1, 0.15) is 5.69 Å². The second-order valence-electron chi connectivity index (χ2n) is 6.68. The van der Waals surface area contributed by atoms with Gasteiger partial charge in [-0.25, -0.2) is 0 Å². The molecule has 1 aliphatic rings. The fourth-order valence-electron chi connectivity index (χ4n) is 3.52. The highest BCUT2D eigenvalue weighted by Crippen LogP contribution is 2.26. The van der Waals surface area contributed by atoms with Crippen LogP contribution in [0.15, 0.2) is 24.7 Å². The Morgan fingerprint density at radius 3 is 2.83 bits per heavy atom. The van der Waals surface area contributed by atoms with E-state index in [1.54, 1.807) is 6.20 Å². The summed E-state index contributed by atoms with van der Waals surface area (Å²) in [5, 5.41) is 4.37. The van der Waals surface area contributed by atoms with Crippen molar-refractivity contribution in [2.45, 2.75) is 52.6 Å². The van der Waals surface area contributed by atoms with E-state index in [1.807, 2.05) is 23.1 Å². The van der Waals surface area contributed by atoms with E-state index in [1.165, 1.54) is 25.9 Å². The fraction of sp³-hybridized carbons (Fsp3) is 0.611. The summed E-state index contributed by atoms with van der Waals surface area (Å²) in [4.78, 5) is 11.8. The van der Waals surface area contributed by atoms with E-state index in [9.17, 15) is 0 Å². The Morgan fingerprint density at radius 2 is 2.04 bits per heavy atom. The topological polar surface area (TPSA) is 46.8 Å². The van der Waals surface area contributed by atoms with Crippen molar-refractivity contribution in [3.05, 3.63) is 30.4 Å². The Morgan fingerprint density at radius 1 is 1.22 bits per heavy atom. The van der Waals surface area contributed by atoms with Crippen LogP contribution in [0, 0.1) is 5.92 Å². The standard InChI is InChI=1S/C18H27N5/c1-4-23-17(7-8-21-23)18-16(19-9-10-20-18)12-15-6-5-11-22(13-15)14(2)3/h7-10,14-15H,4-6,11-13H2,1-3H3. The van der Waals surface area contributed by atoms with Crippen molar-refractivity contribution < 1.29 is 0 Å². The van der Waals surface area contributed by atoms with Gasteiger partial charge in [0.05, 0.1) is 11.4 Å². The van der Waals surface area contributed by atoms with Gasteiger partial charge in [-0.2, -0.15) is 5.10 Å². The first-order valence-electron chi connectivity index (χ1n) is 8.75. The highest BCUT2D eigenvalue weighted by molar-refractivity contribution is 5.56. The maximum Gasteiger partial charge on any atom is 0.110 e. The van der Waals surface area contributed by atoms with E-state index < -0.39 is 0 Å². The first-order chi connectivity index (χ1) is 11.2. The van der Waals surface area contributed by atoms with Crippen molar-refractivity contribution in [2.75, 3.05) is 13.1 Å². The zero-order valence-electron chi connectivity index (χ0n) is 14.4. The summed E-state index contributed by atoms with van der Waals surface area (Å²) in [6, 6.07) is 2.67. The van der Waals surface area contributed by atoms with E-state index >= 15 is 0 Å². The Labute approximate surface area is 138 Å². The molecule has 2 aromatic rings. The van der Waals surface area contributed by atoms with Gasteiger partial charge in [-0.05, 0) is 58.6 Å². The summed E-state index contributed by atoms with van der Waals surface area (Å²) in [5.74, 6) is 0.666. The molecule has 1 fully saturated rings. The van der Waals surface area contributed by atoms with Gasteiger partial charge in [0.25, 0.3) is 0 Å². The van der Waals surface area contributed by atoms with Crippen LogP contribution < -0.4 is 0 Å². The second-order valence-corrected chi connectivity index (χ2v) is 6.68. The van der Waals surface area contributed by atoms with Crippen LogP contribution in [0.2, 0.25) is 0 Å². The van der Waals surface area contributed by atoms with Crippen LogP contribution >= 0.6 is 0 Å². The van der Waals surface area contributed by atoms with Crippen molar-refractivity contribution in [1.29, 1.82) is 0 Å². The number of nitrogens with zero attached hydrogens (tertiary/aromatic N) is 5. The number of piperidine rings is 1. The zero-order valence-corrected chi connectivity index (χ0v) is 14.4. The molecule has 0 amide bonds. The number of rotatable bonds is 5.